The monoisotopic (exact) mass is 332 g/mol. The maximum atomic E-state index is 10.6. The smallest absolute Gasteiger partial charge is 0.351 e. The standard InChI is InChI=1S/C16H28O7/c1-5-21-16(22-6-2,23-7-3)13-20-12-11-19-10-8-9-14(4)15(17)18/h5H,1,4,6-13H2,2-3H3,(H,17,18). The highest BCUT2D eigenvalue weighted by atomic mass is 16.9. The Morgan fingerprint density at radius 2 is 1.74 bits per heavy atom. The number of aliphatic carboxylic acids is 1. The summed E-state index contributed by atoms with van der Waals surface area (Å²) in [5, 5.41) is 8.66. The summed E-state index contributed by atoms with van der Waals surface area (Å²) in [7, 11) is 0. The van der Waals surface area contributed by atoms with Crippen LogP contribution in [0.4, 0.5) is 0 Å². The summed E-state index contributed by atoms with van der Waals surface area (Å²) in [5.41, 5.74) is 0.185. The summed E-state index contributed by atoms with van der Waals surface area (Å²) < 4.78 is 27.0. The SMILES string of the molecule is C=COC(COCCOCCCC(=C)C(=O)O)(OCC)OCC. The molecular formula is C16H28O7. The predicted octanol–water partition coefficient (Wildman–Crippen LogP) is 2.33. The van der Waals surface area contributed by atoms with Crippen LogP contribution >= 0.6 is 0 Å². The molecular weight excluding hydrogens is 304 g/mol. The van der Waals surface area contributed by atoms with Gasteiger partial charge in [-0.15, -0.1) is 0 Å². The minimum absolute atomic E-state index is 0.0832. The highest BCUT2D eigenvalue weighted by Gasteiger charge is 2.33. The maximum Gasteiger partial charge on any atom is 0.351 e. The molecule has 0 aromatic heterocycles. The Bertz CT molecular complexity index is 348. The van der Waals surface area contributed by atoms with E-state index < -0.39 is 11.9 Å². The highest BCUT2D eigenvalue weighted by molar-refractivity contribution is 5.85. The van der Waals surface area contributed by atoms with Crippen molar-refractivity contribution in [2.45, 2.75) is 32.7 Å². The van der Waals surface area contributed by atoms with E-state index in [9.17, 15) is 4.79 Å². The molecule has 0 aromatic carbocycles. The molecule has 0 aliphatic rings. The van der Waals surface area contributed by atoms with E-state index in [1.54, 1.807) is 0 Å². The second-order valence-corrected chi connectivity index (χ2v) is 4.51. The van der Waals surface area contributed by atoms with Crippen molar-refractivity contribution >= 4 is 5.97 Å². The second-order valence-electron chi connectivity index (χ2n) is 4.51. The van der Waals surface area contributed by atoms with Crippen LogP contribution in [-0.4, -0.2) is 56.7 Å². The van der Waals surface area contributed by atoms with Gasteiger partial charge in [0.05, 0.1) is 32.7 Å². The van der Waals surface area contributed by atoms with E-state index in [2.05, 4.69) is 13.2 Å². The molecule has 134 valence electrons. The van der Waals surface area contributed by atoms with Crippen molar-refractivity contribution in [1.29, 1.82) is 0 Å². The topological polar surface area (TPSA) is 83.5 Å². The van der Waals surface area contributed by atoms with Gasteiger partial charge in [-0.2, -0.15) is 0 Å². The van der Waals surface area contributed by atoms with Gasteiger partial charge in [-0.05, 0) is 26.7 Å². The molecule has 0 fully saturated rings. The molecule has 0 amide bonds. The third-order valence-electron chi connectivity index (χ3n) is 2.71. The lowest BCUT2D eigenvalue weighted by molar-refractivity contribution is -0.374. The summed E-state index contributed by atoms with van der Waals surface area (Å²) in [4.78, 5) is 10.6. The van der Waals surface area contributed by atoms with Crippen LogP contribution < -0.4 is 0 Å². The van der Waals surface area contributed by atoms with E-state index in [4.69, 9.17) is 28.8 Å². The Morgan fingerprint density at radius 3 is 2.26 bits per heavy atom. The third kappa shape index (κ3) is 10.1. The summed E-state index contributed by atoms with van der Waals surface area (Å²) >= 11 is 0. The number of ether oxygens (including phenoxy) is 5. The molecule has 0 heterocycles. The Morgan fingerprint density at radius 1 is 1.13 bits per heavy atom. The summed E-state index contributed by atoms with van der Waals surface area (Å²) in [6.07, 6.45) is 2.26. The minimum Gasteiger partial charge on any atom is -0.478 e. The van der Waals surface area contributed by atoms with Gasteiger partial charge in [0, 0.05) is 12.2 Å². The van der Waals surface area contributed by atoms with Gasteiger partial charge in [-0.3, -0.25) is 0 Å². The third-order valence-corrected chi connectivity index (χ3v) is 2.71. The normalized spacial score (nSPS) is 11.2. The first kappa shape index (κ1) is 21.6. The van der Waals surface area contributed by atoms with E-state index in [1.165, 1.54) is 6.26 Å². The van der Waals surface area contributed by atoms with Crippen LogP contribution in [0.15, 0.2) is 25.0 Å². The van der Waals surface area contributed by atoms with Crippen molar-refractivity contribution in [2.24, 2.45) is 0 Å². The van der Waals surface area contributed by atoms with Gasteiger partial charge in [-0.1, -0.05) is 13.2 Å². The van der Waals surface area contributed by atoms with Crippen LogP contribution in [0.1, 0.15) is 26.7 Å². The Hall–Kier alpha value is -1.41. The average molecular weight is 332 g/mol. The first-order valence-corrected chi connectivity index (χ1v) is 7.64. The first-order chi connectivity index (χ1) is 11.0. The molecule has 0 aliphatic carbocycles. The molecule has 0 rings (SSSR count). The number of hydrogen-bond acceptors (Lipinski definition) is 6. The van der Waals surface area contributed by atoms with E-state index in [0.29, 0.717) is 45.9 Å². The molecule has 1 N–H and O–H groups in total. The fourth-order valence-electron chi connectivity index (χ4n) is 1.71. The Labute approximate surface area is 137 Å². The molecule has 7 heteroatoms. The van der Waals surface area contributed by atoms with Gasteiger partial charge in [0.25, 0.3) is 0 Å². The number of carboxylic acids is 1. The fraction of sp³-hybridized carbons (Fsp3) is 0.688. The molecule has 0 unspecified atom stereocenters. The Kier molecular flexibility index (Phi) is 12.3. The van der Waals surface area contributed by atoms with Crippen molar-refractivity contribution in [3.8, 4) is 0 Å². The van der Waals surface area contributed by atoms with Crippen molar-refractivity contribution in [3.05, 3.63) is 25.0 Å². The zero-order chi connectivity index (χ0) is 17.6. The molecule has 23 heavy (non-hydrogen) atoms. The van der Waals surface area contributed by atoms with Crippen LogP contribution in [0.3, 0.4) is 0 Å². The van der Waals surface area contributed by atoms with Crippen LogP contribution in [-0.2, 0) is 28.5 Å². The van der Waals surface area contributed by atoms with Crippen LogP contribution in [0.25, 0.3) is 0 Å². The molecule has 7 nitrogen and oxygen atoms in total. The second kappa shape index (κ2) is 13.1. The van der Waals surface area contributed by atoms with Gasteiger partial charge in [0.2, 0.25) is 0 Å². The molecule has 0 atom stereocenters. The van der Waals surface area contributed by atoms with E-state index >= 15 is 0 Å². The zero-order valence-electron chi connectivity index (χ0n) is 14.0. The van der Waals surface area contributed by atoms with Crippen LogP contribution in [0.5, 0.6) is 0 Å². The molecule has 0 bridgehead atoms. The van der Waals surface area contributed by atoms with Crippen LogP contribution in [0, 0.1) is 0 Å². The minimum atomic E-state index is -1.29. The van der Waals surface area contributed by atoms with Crippen molar-refractivity contribution in [1.82, 2.24) is 0 Å². The predicted molar refractivity (Wildman–Crippen MR) is 84.9 cm³/mol. The quantitative estimate of drug-likeness (QED) is 0.201. The number of carboxylic acid groups (broad SMARTS) is 1. The van der Waals surface area contributed by atoms with E-state index in [1.807, 2.05) is 13.8 Å². The van der Waals surface area contributed by atoms with Crippen LogP contribution in [0.2, 0.25) is 0 Å². The van der Waals surface area contributed by atoms with E-state index in [0.717, 1.165) is 0 Å². The lowest BCUT2D eigenvalue weighted by Crippen LogP contribution is -2.43. The molecule has 0 saturated carbocycles. The van der Waals surface area contributed by atoms with Gasteiger partial charge >= 0.3 is 11.9 Å². The van der Waals surface area contributed by atoms with Gasteiger partial charge in [0.1, 0.15) is 6.61 Å². The highest BCUT2D eigenvalue weighted by Crippen LogP contribution is 2.16. The summed E-state index contributed by atoms with van der Waals surface area (Å²) in [6, 6.07) is 0. The number of hydrogen-bond donors (Lipinski definition) is 1. The first-order valence-electron chi connectivity index (χ1n) is 7.64. The van der Waals surface area contributed by atoms with Gasteiger partial charge < -0.3 is 28.8 Å². The molecule has 0 spiro atoms. The summed E-state index contributed by atoms with van der Waals surface area (Å²) in [6.45, 7) is 12.7. The molecule has 0 aliphatic heterocycles. The molecule has 0 aromatic rings. The average Bonchev–Trinajstić information content (AvgIpc) is 2.50. The van der Waals surface area contributed by atoms with Gasteiger partial charge in [0.15, 0.2) is 0 Å². The van der Waals surface area contributed by atoms with E-state index in [-0.39, 0.29) is 12.2 Å². The van der Waals surface area contributed by atoms with Crippen molar-refractivity contribution in [3.63, 3.8) is 0 Å². The molecule has 0 radical (unpaired) electrons. The largest absolute Gasteiger partial charge is 0.478 e. The lowest BCUT2D eigenvalue weighted by Gasteiger charge is -2.31. The van der Waals surface area contributed by atoms with Gasteiger partial charge in [-0.25, -0.2) is 4.79 Å². The molecule has 0 saturated heterocycles. The number of carbonyl (C=O) groups is 1. The summed E-state index contributed by atoms with van der Waals surface area (Å²) in [5.74, 6) is -2.26. The van der Waals surface area contributed by atoms with Crippen molar-refractivity contribution < 1.29 is 33.6 Å². The maximum absolute atomic E-state index is 10.6. The van der Waals surface area contributed by atoms with Crippen molar-refractivity contribution in [2.75, 3.05) is 39.6 Å². The lowest BCUT2D eigenvalue weighted by atomic mass is 10.2. The fourth-order valence-corrected chi connectivity index (χ4v) is 1.71. The number of rotatable bonds is 16. The zero-order valence-corrected chi connectivity index (χ0v) is 14.0. The Balaban J connectivity index is 3.87.